The lowest BCUT2D eigenvalue weighted by molar-refractivity contribution is -0.274. The summed E-state index contributed by atoms with van der Waals surface area (Å²) in [5.41, 5.74) is 1.37. The summed E-state index contributed by atoms with van der Waals surface area (Å²) in [6.07, 6.45) is -2.80. The van der Waals surface area contributed by atoms with Gasteiger partial charge in [-0.25, -0.2) is 8.42 Å². The third-order valence-electron chi connectivity index (χ3n) is 6.06. The van der Waals surface area contributed by atoms with E-state index in [0.717, 1.165) is 49.3 Å². The van der Waals surface area contributed by atoms with Crippen molar-refractivity contribution in [3.63, 3.8) is 0 Å². The highest BCUT2D eigenvalue weighted by atomic mass is 32.2. The molecule has 2 aliphatic rings. The second kappa shape index (κ2) is 8.68. The Hall–Kier alpha value is -2.95. The van der Waals surface area contributed by atoms with Gasteiger partial charge in [0.15, 0.2) is 0 Å². The lowest BCUT2D eigenvalue weighted by Crippen LogP contribution is -2.40. The third-order valence-corrected chi connectivity index (χ3v) is 7.44. The van der Waals surface area contributed by atoms with Gasteiger partial charge in [0.1, 0.15) is 5.75 Å². The van der Waals surface area contributed by atoms with Crippen molar-refractivity contribution < 1.29 is 31.1 Å². The molecule has 0 unspecified atom stereocenters. The largest absolute Gasteiger partial charge is 0.573 e. The van der Waals surface area contributed by atoms with Crippen LogP contribution in [0.1, 0.15) is 32.3 Å². The van der Waals surface area contributed by atoms with Gasteiger partial charge >= 0.3 is 6.36 Å². The minimum absolute atomic E-state index is 0.0302. The number of fused-ring (bicyclic) bond motifs is 1. The first kappa shape index (κ1) is 24.2. The predicted octanol–water partition coefficient (Wildman–Crippen LogP) is 4.11. The number of sulfonamides is 1. The number of benzene rings is 2. The highest BCUT2D eigenvalue weighted by molar-refractivity contribution is 7.92. The number of hydrogen-bond donors (Lipinski definition) is 1. The van der Waals surface area contributed by atoms with E-state index in [9.17, 15) is 26.4 Å². The number of halogens is 3. The molecule has 0 radical (unpaired) electrons. The van der Waals surface area contributed by atoms with Gasteiger partial charge in [0, 0.05) is 36.4 Å². The Morgan fingerprint density at radius 3 is 2.35 bits per heavy atom. The molecule has 4 rings (SSSR count). The molecule has 1 saturated heterocycles. The molecular formula is C23H26F3N3O4S. The number of carbonyl (C=O) groups excluding carboxylic acids is 1. The first-order chi connectivity index (χ1) is 15.8. The zero-order valence-corrected chi connectivity index (χ0v) is 19.7. The van der Waals surface area contributed by atoms with Crippen molar-refractivity contribution >= 4 is 27.3 Å². The van der Waals surface area contributed by atoms with Gasteiger partial charge in [0.25, 0.3) is 10.0 Å². The van der Waals surface area contributed by atoms with Crippen LogP contribution in [-0.4, -0.2) is 51.8 Å². The second-order valence-electron chi connectivity index (χ2n) is 9.18. The minimum atomic E-state index is -4.83. The molecule has 34 heavy (non-hydrogen) atoms. The van der Waals surface area contributed by atoms with E-state index in [1.165, 1.54) is 18.2 Å². The molecule has 0 spiro atoms. The Balaban J connectivity index is 1.52. The number of likely N-dealkylation sites (tertiary alicyclic amines) is 1. The summed E-state index contributed by atoms with van der Waals surface area (Å²) >= 11 is 0. The summed E-state index contributed by atoms with van der Waals surface area (Å²) in [5.74, 6) is -0.379. The van der Waals surface area contributed by atoms with E-state index in [0.29, 0.717) is 6.54 Å². The summed E-state index contributed by atoms with van der Waals surface area (Å²) < 4.78 is 69.1. The van der Waals surface area contributed by atoms with Gasteiger partial charge in [0.05, 0.1) is 11.4 Å². The maximum atomic E-state index is 13.0. The van der Waals surface area contributed by atoms with Crippen molar-refractivity contribution in [3.8, 4) is 5.75 Å². The predicted molar refractivity (Wildman–Crippen MR) is 121 cm³/mol. The van der Waals surface area contributed by atoms with Crippen LogP contribution in [0.4, 0.5) is 24.5 Å². The summed E-state index contributed by atoms with van der Waals surface area (Å²) in [7, 11) is -3.99. The third kappa shape index (κ3) is 5.24. The molecule has 2 aromatic rings. The molecule has 0 saturated carbocycles. The molecule has 0 atom stereocenters. The SMILES string of the molecule is CC1(C)CN(CC(=O)N2CCCC2)c2ccc(S(=O)(=O)Nc3ccc(OC(F)(F)F)cc3)cc21. The summed E-state index contributed by atoms with van der Waals surface area (Å²) in [6, 6.07) is 9.23. The Labute approximate surface area is 196 Å². The normalized spacial score (nSPS) is 17.6. The number of alkyl halides is 3. The van der Waals surface area contributed by atoms with Crippen LogP contribution < -0.4 is 14.4 Å². The molecule has 0 bridgehead atoms. The van der Waals surface area contributed by atoms with E-state index in [4.69, 9.17) is 0 Å². The molecule has 11 heteroatoms. The maximum Gasteiger partial charge on any atom is 0.573 e. The van der Waals surface area contributed by atoms with Crippen LogP contribution in [0.25, 0.3) is 0 Å². The van der Waals surface area contributed by atoms with Crippen molar-refractivity contribution in [2.24, 2.45) is 0 Å². The average Bonchev–Trinajstić information content (AvgIpc) is 3.35. The number of ether oxygens (including phenoxy) is 1. The van der Waals surface area contributed by atoms with E-state index < -0.39 is 22.1 Å². The number of nitrogens with one attached hydrogen (secondary N) is 1. The van der Waals surface area contributed by atoms with Gasteiger partial charge in [0.2, 0.25) is 5.91 Å². The summed E-state index contributed by atoms with van der Waals surface area (Å²) in [4.78, 5) is 16.5. The molecule has 0 aliphatic carbocycles. The maximum absolute atomic E-state index is 13.0. The van der Waals surface area contributed by atoms with Gasteiger partial charge in [-0.05, 0) is 60.9 Å². The minimum Gasteiger partial charge on any atom is -0.406 e. The van der Waals surface area contributed by atoms with Crippen LogP contribution in [0.3, 0.4) is 0 Å². The van der Waals surface area contributed by atoms with Crippen molar-refractivity contribution in [2.45, 2.75) is 43.4 Å². The Morgan fingerprint density at radius 1 is 1.09 bits per heavy atom. The van der Waals surface area contributed by atoms with Crippen LogP contribution in [0.15, 0.2) is 47.4 Å². The standard InChI is InChI=1S/C23H26F3N3O4S/c1-22(2)15-29(14-21(30)28-11-3-4-12-28)20-10-9-18(13-19(20)22)34(31,32)27-16-5-7-17(8-6-16)33-23(24,25)26/h5-10,13,27H,3-4,11-12,14-15H2,1-2H3. The molecule has 184 valence electrons. The number of rotatable bonds is 6. The van der Waals surface area contributed by atoms with Gasteiger partial charge in [-0.3, -0.25) is 9.52 Å². The molecule has 2 heterocycles. The number of nitrogens with zero attached hydrogens (tertiary/aromatic N) is 2. The zero-order valence-electron chi connectivity index (χ0n) is 18.9. The summed E-state index contributed by atoms with van der Waals surface area (Å²) in [6.45, 7) is 6.36. The zero-order chi connectivity index (χ0) is 24.7. The molecule has 7 nitrogen and oxygen atoms in total. The smallest absolute Gasteiger partial charge is 0.406 e. The molecule has 1 fully saturated rings. The molecule has 1 N–H and O–H groups in total. The first-order valence-electron chi connectivity index (χ1n) is 10.9. The van der Waals surface area contributed by atoms with Gasteiger partial charge < -0.3 is 14.5 Å². The molecule has 0 aromatic heterocycles. The van der Waals surface area contributed by atoms with Crippen LogP contribution in [0.5, 0.6) is 5.75 Å². The second-order valence-corrected chi connectivity index (χ2v) is 10.9. The van der Waals surface area contributed by atoms with E-state index in [-0.39, 0.29) is 28.4 Å². The fourth-order valence-electron chi connectivity index (χ4n) is 4.46. The number of carbonyl (C=O) groups is 1. The Morgan fingerprint density at radius 2 is 1.74 bits per heavy atom. The first-order valence-corrected chi connectivity index (χ1v) is 12.4. The van der Waals surface area contributed by atoms with E-state index >= 15 is 0 Å². The number of hydrogen-bond acceptors (Lipinski definition) is 5. The van der Waals surface area contributed by atoms with Crippen LogP contribution in [0.2, 0.25) is 0 Å². The van der Waals surface area contributed by atoms with Crippen LogP contribution >= 0.6 is 0 Å². The number of amides is 1. The van der Waals surface area contributed by atoms with Gasteiger partial charge in [-0.15, -0.1) is 13.2 Å². The topological polar surface area (TPSA) is 79.0 Å². The highest BCUT2D eigenvalue weighted by Crippen LogP contribution is 2.41. The van der Waals surface area contributed by atoms with Crippen molar-refractivity contribution in [3.05, 3.63) is 48.0 Å². The van der Waals surface area contributed by atoms with Crippen molar-refractivity contribution in [1.29, 1.82) is 0 Å². The molecular weight excluding hydrogens is 471 g/mol. The highest BCUT2D eigenvalue weighted by Gasteiger charge is 2.37. The van der Waals surface area contributed by atoms with E-state index in [1.54, 1.807) is 12.1 Å². The summed E-state index contributed by atoms with van der Waals surface area (Å²) in [5, 5.41) is 0. The van der Waals surface area contributed by atoms with Crippen LogP contribution in [0, 0.1) is 0 Å². The van der Waals surface area contributed by atoms with Crippen LogP contribution in [-0.2, 0) is 20.2 Å². The molecule has 2 aliphatic heterocycles. The van der Waals surface area contributed by atoms with Gasteiger partial charge in [-0.1, -0.05) is 13.8 Å². The van der Waals surface area contributed by atoms with Crippen molar-refractivity contribution in [1.82, 2.24) is 4.90 Å². The van der Waals surface area contributed by atoms with E-state index in [1.807, 2.05) is 23.6 Å². The van der Waals surface area contributed by atoms with Gasteiger partial charge in [-0.2, -0.15) is 0 Å². The monoisotopic (exact) mass is 497 g/mol. The Bertz CT molecular complexity index is 1170. The quantitative estimate of drug-likeness (QED) is 0.650. The molecule has 2 aromatic carbocycles. The number of anilines is 2. The lowest BCUT2D eigenvalue weighted by Gasteiger charge is -2.24. The lowest BCUT2D eigenvalue weighted by atomic mass is 9.87. The molecule has 1 amide bonds. The Kier molecular flexibility index (Phi) is 6.17. The fraction of sp³-hybridized carbons (Fsp3) is 0.435. The van der Waals surface area contributed by atoms with Crippen molar-refractivity contribution in [2.75, 3.05) is 35.8 Å². The average molecular weight is 498 g/mol. The fourth-order valence-corrected chi connectivity index (χ4v) is 5.54. The van der Waals surface area contributed by atoms with E-state index in [2.05, 4.69) is 9.46 Å².